The second kappa shape index (κ2) is 4.52. The monoisotopic (exact) mass is 226 g/mol. The molecular formula is C9H10N2OS2. The molecule has 2 rings (SSSR count). The van der Waals surface area contributed by atoms with Crippen molar-refractivity contribution in [3.05, 3.63) is 35.2 Å². The number of nitrogens with two attached hydrogens (primary N) is 1. The first-order valence-electron chi connectivity index (χ1n) is 4.14. The van der Waals surface area contributed by atoms with Gasteiger partial charge in [0.1, 0.15) is 5.76 Å². The van der Waals surface area contributed by atoms with E-state index in [1.165, 1.54) is 11.3 Å². The van der Waals surface area contributed by atoms with Crippen molar-refractivity contribution in [1.82, 2.24) is 4.98 Å². The van der Waals surface area contributed by atoms with E-state index in [1.807, 2.05) is 17.5 Å². The van der Waals surface area contributed by atoms with Gasteiger partial charge in [0.2, 0.25) is 0 Å². The molecule has 0 bridgehead atoms. The zero-order chi connectivity index (χ0) is 9.80. The molecule has 2 aromatic rings. The number of thioether (sulfide) groups is 1. The van der Waals surface area contributed by atoms with Gasteiger partial charge in [0, 0.05) is 11.1 Å². The van der Waals surface area contributed by atoms with E-state index >= 15 is 0 Å². The third-order valence-electron chi connectivity index (χ3n) is 1.64. The number of nitrogen functional groups attached to an aromatic ring is 1. The molecule has 2 aromatic heterocycles. The zero-order valence-corrected chi connectivity index (χ0v) is 9.11. The second-order valence-electron chi connectivity index (χ2n) is 2.75. The number of thiazole rings is 1. The molecule has 2 N–H and O–H groups in total. The molecule has 0 radical (unpaired) electrons. The summed E-state index contributed by atoms with van der Waals surface area (Å²) < 4.78 is 5.21. The highest BCUT2D eigenvalue weighted by molar-refractivity contribution is 7.97. The minimum atomic E-state index is 0.638. The lowest BCUT2D eigenvalue weighted by molar-refractivity contribution is 0.530. The Morgan fingerprint density at radius 1 is 1.50 bits per heavy atom. The van der Waals surface area contributed by atoms with Gasteiger partial charge < -0.3 is 10.2 Å². The number of rotatable bonds is 4. The molecule has 0 amide bonds. The van der Waals surface area contributed by atoms with Gasteiger partial charge in [0.15, 0.2) is 5.13 Å². The average molecular weight is 226 g/mol. The number of nitrogens with zero attached hydrogens (tertiary/aromatic N) is 1. The Bertz CT molecular complexity index is 383. The first-order valence-corrected chi connectivity index (χ1v) is 6.18. The summed E-state index contributed by atoms with van der Waals surface area (Å²) >= 11 is 3.25. The second-order valence-corrected chi connectivity index (χ2v) is 4.62. The van der Waals surface area contributed by atoms with E-state index < -0.39 is 0 Å². The lowest BCUT2D eigenvalue weighted by Crippen LogP contribution is -1.85. The molecule has 14 heavy (non-hydrogen) atoms. The van der Waals surface area contributed by atoms with E-state index in [4.69, 9.17) is 10.2 Å². The predicted molar refractivity (Wildman–Crippen MR) is 60.2 cm³/mol. The van der Waals surface area contributed by atoms with Crippen molar-refractivity contribution in [3.8, 4) is 0 Å². The fraction of sp³-hybridized carbons (Fsp3) is 0.222. The maximum Gasteiger partial charge on any atom is 0.180 e. The predicted octanol–water partition coefficient (Wildman–Crippen LogP) is 2.75. The number of hydrogen-bond acceptors (Lipinski definition) is 5. The van der Waals surface area contributed by atoms with Crippen LogP contribution in [0.3, 0.4) is 0 Å². The van der Waals surface area contributed by atoms with Crippen molar-refractivity contribution in [2.45, 2.75) is 11.5 Å². The minimum absolute atomic E-state index is 0.638. The Labute approximate surface area is 90.3 Å². The molecule has 0 saturated heterocycles. The quantitative estimate of drug-likeness (QED) is 0.871. The first kappa shape index (κ1) is 9.61. The van der Waals surface area contributed by atoms with Gasteiger partial charge in [0.05, 0.1) is 17.7 Å². The SMILES string of the molecule is Nc1nc(CSCc2ccco2)cs1. The lowest BCUT2D eigenvalue weighted by atomic mass is 10.5. The summed E-state index contributed by atoms with van der Waals surface area (Å²) in [6, 6.07) is 3.87. The van der Waals surface area contributed by atoms with Crippen LogP contribution in [0.1, 0.15) is 11.5 Å². The summed E-state index contributed by atoms with van der Waals surface area (Å²) in [6.07, 6.45) is 1.69. The fourth-order valence-corrected chi connectivity index (χ4v) is 2.53. The van der Waals surface area contributed by atoms with Crippen LogP contribution in [0.15, 0.2) is 28.2 Å². The summed E-state index contributed by atoms with van der Waals surface area (Å²) in [5.41, 5.74) is 6.57. The number of furan rings is 1. The standard InChI is InChI=1S/C9H10N2OS2/c10-9-11-7(5-14-9)4-13-6-8-2-1-3-12-8/h1-3,5H,4,6H2,(H2,10,11). The maximum atomic E-state index is 5.52. The molecule has 0 aromatic carbocycles. The molecule has 0 aliphatic heterocycles. The molecule has 0 fully saturated rings. The smallest absolute Gasteiger partial charge is 0.180 e. The van der Waals surface area contributed by atoms with E-state index in [0.717, 1.165) is 23.0 Å². The molecule has 0 aliphatic rings. The molecule has 5 heteroatoms. The van der Waals surface area contributed by atoms with Crippen LogP contribution in [0.2, 0.25) is 0 Å². The molecular weight excluding hydrogens is 216 g/mol. The Balaban J connectivity index is 1.78. The van der Waals surface area contributed by atoms with Crippen molar-refractivity contribution < 1.29 is 4.42 Å². The van der Waals surface area contributed by atoms with Crippen molar-refractivity contribution in [3.63, 3.8) is 0 Å². The van der Waals surface area contributed by atoms with Crippen LogP contribution in [-0.4, -0.2) is 4.98 Å². The van der Waals surface area contributed by atoms with E-state index in [2.05, 4.69) is 4.98 Å². The van der Waals surface area contributed by atoms with E-state index in [9.17, 15) is 0 Å². The summed E-state index contributed by atoms with van der Waals surface area (Å²) in [5, 5.41) is 2.63. The van der Waals surface area contributed by atoms with Crippen molar-refractivity contribution in [1.29, 1.82) is 0 Å². The van der Waals surface area contributed by atoms with Crippen LogP contribution in [0.4, 0.5) is 5.13 Å². The molecule has 74 valence electrons. The molecule has 0 spiro atoms. The van der Waals surface area contributed by atoms with Crippen LogP contribution in [0, 0.1) is 0 Å². The molecule has 0 atom stereocenters. The van der Waals surface area contributed by atoms with Crippen LogP contribution < -0.4 is 5.73 Å². The first-order chi connectivity index (χ1) is 6.84. The van der Waals surface area contributed by atoms with Crippen molar-refractivity contribution in [2.75, 3.05) is 5.73 Å². The van der Waals surface area contributed by atoms with Crippen molar-refractivity contribution in [2.24, 2.45) is 0 Å². The van der Waals surface area contributed by atoms with Crippen LogP contribution in [-0.2, 0) is 11.5 Å². The van der Waals surface area contributed by atoms with Gasteiger partial charge in [-0.15, -0.1) is 23.1 Å². The van der Waals surface area contributed by atoms with Gasteiger partial charge in [0.25, 0.3) is 0 Å². The molecule has 3 nitrogen and oxygen atoms in total. The Morgan fingerprint density at radius 3 is 3.07 bits per heavy atom. The zero-order valence-electron chi connectivity index (χ0n) is 7.47. The van der Waals surface area contributed by atoms with Gasteiger partial charge in [-0.1, -0.05) is 0 Å². The normalized spacial score (nSPS) is 10.6. The molecule has 0 unspecified atom stereocenters. The molecule has 2 heterocycles. The van der Waals surface area contributed by atoms with Gasteiger partial charge in [-0.05, 0) is 12.1 Å². The lowest BCUT2D eigenvalue weighted by Gasteiger charge is -1.95. The number of hydrogen-bond donors (Lipinski definition) is 1. The Kier molecular flexibility index (Phi) is 3.10. The summed E-state index contributed by atoms with van der Waals surface area (Å²) in [4.78, 5) is 4.17. The van der Waals surface area contributed by atoms with E-state index in [-0.39, 0.29) is 0 Å². The summed E-state index contributed by atoms with van der Waals surface area (Å²) in [5.74, 6) is 2.76. The third kappa shape index (κ3) is 2.52. The van der Waals surface area contributed by atoms with Gasteiger partial charge in [-0.25, -0.2) is 4.98 Å². The minimum Gasteiger partial charge on any atom is -0.468 e. The Hall–Kier alpha value is -0.940. The highest BCUT2D eigenvalue weighted by Crippen LogP contribution is 2.20. The third-order valence-corrected chi connectivity index (χ3v) is 3.36. The molecule has 0 aliphatic carbocycles. The van der Waals surface area contributed by atoms with Gasteiger partial charge >= 0.3 is 0 Å². The fourth-order valence-electron chi connectivity index (χ4n) is 1.04. The van der Waals surface area contributed by atoms with Crippen LogP contribution >= 0.6 is 23.1 Å². The maximum absolute atomic E-state index is 5.52. The van der Waals surface area contributed by atoms with Crippen molar-refractivity contribution >= 4 is 28.2 Å². The summed E-state index contributed by atoms with van der Waals surface area (Å²) in [6.45, 7) is 0. The topological polar surface area (TPSA) is 52.0 Å². The average Bonchev–Trinajstić information content (AvgIpc) is 2.77. The Morgan fingerprint density at radius 2 is 2.43 bits per heavy atom. The van der Waals surface area contributed by atoms with Gasteiger partial charge in [-0.3, -0.25) is 0 Å². The summed E-state index contributed by atoms with van der Waals surface area (Å²) in [7, 11) is 0. The highest BCUT2D eigenvalue weighted by Gasteiger charge is 2.00. The van der Waals surface area contributed by atoms with Crippen LogP contribution in [0.25, 0.3) is 0 Å². The molecule has 0 saturated carbocycles. The highest BCUT2D eigenvalue weighted by atomic mass is 32.2. The number of anilines is 1. The van der Waals surface area contributed by atoms with Gasteiger partial charge in [-0.2, -0.15) is 0 Å². The van der Waals surface area contributed by atoms with E-state index in [0.29, 0.717) is 5.13 Å². The number of aromatic nitrogens is 1. The van der Waals surface area contributed by atoms with E-state index in [1.54, 1.807) is 18.0 Å². The largest absolute Gasteiger partial charge is 0.468 e. The van der Waals surface area contributed by atoms with Crippen LogP contribution in [0.5, 0.6) is 0 Å².